The molecular formula is C12H11FN4O2. The van der Waals surface area contributed by atoms with Crippen LogP contribution in [-0.2, 0) is 4.79 Å². The van der Waals surface area contributed by atoms with Crippen molar-refractivity contribution in [3.63, 3.8) is 0 Å². The summed E-state index contributed by atoms with van der Waals surface area (Å²) in [5, 5.41) is 10.2. The standard InChI is InChI=1S/C12H11FN4O2/c13-8-2-1-6-4-9(16-5-7(6)3-8)10(14)11(17-15)12(18)19/h1-5,17H,14-15H2,(H,18,19)/b11-10-. The summed E-state index contributed by atoms with van der Waals surface area (Å²) in [7, 11) is 0. The van der Waals surface area contributed by atoms with Crippen LogP contribution in [0.3, 0.4) is 0 Å². The number of nitrogens with one attached hydrogen (secondary N) is 1. The second kappa shape index (κ2) is 4.91. The van der Waals surface area contributed by atoms with Crippen LogP contribution in [0.25, 0.3) is 16.5 Å². The minimum atomic E-state index is -1.29. The number of hydrogen-bond acceptors (Lipinski definition) is 5. The van der Waals surface area contributed by atoms with Crippen molar-refractivity contribution in [3.05, 3.63) is 47.7 Å². The number of halogens is 1. The number of pyridine rings is 1. The molecule has 0 radical (unpaired) electrons. The Morgan fingerprint density at radius 1 is 1.32 bits per heavy atom. The summed E-state index contributed by atoms with van der Waals surface area (Å²) in [6, 6.07) is 5.74. The third-order valence-corrected chi connectivity index (χ3v) is 2.59. The molecule has 6 N–H and O–H groups in total. The first kappa shape index (κ1) is 12.8. The Bertz CT molecular complexity index is 684. The van der Waals surface area contributed by atoms with Gasteiger partial charge in [-0.15, -0.1) is 0 Å². The average Bonchev–Trinajstić information content (AvgIpc) is 2.38. The molecule has 0 spiro atoms. The van der Waals surface area contributed by atoms with Crippen LogP contribution in [0.4, 0.5) is 4.39 Å². The second-order valence-corrected chi connectivity index (χ2v) is 3.80. The van der Waals surface area contributed by atoms with E-state index in [0.717, 1.165) is 0 Å². The molecule has 6 nitrogen and oxygen atoms in total. The number of hydrazine groups is 1. The quantitative estimate of drug-likeness (QED) is 0.365. The normalized spacial score (nSPS) is 12.1. The van der Waals surface area contributed by atoms with Gasteiger partial charge in [-0.25, -0.2) is 9.18 Å². The van der Waals surface area contributed by atoms with E-state index in [9.17, 15) is 9.18 Å². The number of carboxylic acids is 1. The number of aromatic nitrogens is 1. The average molecular weight is 262 g/mol. The number of fused-ring (bicyclic) bond motifs is 1. The summed E-state index contributed by atoms with van der Waals surface area (Å²) in [5.41, 5.74) is 7.50. The van der Waals surface area contributed by atoms with Gasteiger partial charge in [0, 0.05) is 11.6 Å². The molecule has 0 saturated heterocycles. The lowest BCUT2D eigenvalue weighted by atomic mass is 10.1. The fourth-order valence-corrected chi connectivity index (χ4v) is 1.64. The van der Waals surface area contributed by atoms with Crippen LogP contribution in [0.5, 0.6) is 0 Å². The Labute approximate surface area is 107 Å². The highest BCUT2D eigenvalue weighted by atomic mass is 19.1. The van der Waals surface area contributed by atoms with Gasteiger partial charge in [0.15, 0.2) is 5.70 Å². The van der Waals surface area contributed by atoms with E-state index in [1.807, 2.05) is 5.43 Å². The fourth-order valence-electron chi connectivity index (χ4n) is 1.64. The zero-order valence-corrected chi connectivity index (χ0v) is 9.72. The molecule has 0 aliphatic rings. The van der Waals surface area contributed by atoms with Gasteiger partial charge in [-0.1, -0.05) is 6.07 Å². The van der Waals surface area contributed by atoms with Crippen LogP contribution in [0.1, 0.15) is 5.69 Å². The van der Waals surface area contributed by atoms with Gasteiger partial charge in [-0.3, -0.25) is 10.8 Å². The maximum absolute atomic E-state index is 13.0. The number of carbonyl (C=O) groups is 1. The maximum Gasteiger partial charge on any atom is 0.355 e. The van der Waals surface area contributed by atoms with Gasteiger partial charge in [-0.2, -0.15) is 0 Å². The van der Waals surface area contributed by atoms with Gasteiger partial charge in [0.05, 0.1) is 11.4 Å². The lowest BCUT2D eigenvalue weighted by Crippen LogP contribution is -2.29. The van der Waals surface area contributed by atoms with E-state index in [-0.39, 0.29) is 22.9 Å². The molecule has 98 valence electrons. The molecule has 0 aliphatic carbocycles. The molecular weight excluding hydrogens is 251 g/mol. The molecule has 0 saturated carbocycles. The largest absolute Gasteiger partial charge is 0.476 e. The predicted molar refractivity (Wildman–Crippen MR) is 67.8 cm³/mol. The molecule has 0 bridgehead atoms. The summed E-state index contributed by atoms with van der Waals surface area (Å²) < 4.78 is 13.0. The topological polar surface area (TPSA) is 114 Å². The molecule has 1 heterocycles. The van der Waals surface area contributed by atoms with Crippen LogP contribution in [-0.4, -0.2) is 16.1 Å². The van der Waals surface area contributed by atoms with E-state index >= 15 is 0 Å². The Morgan fingerprint density at radius 2 is 2.05 bits per heavy atom. The van der Waals surface area contributed by atoms with E-state index < -0.39 is 5.97 Å². The number of rotatable bonds is 3. The lowest BCUT2D eigenvalue weighted by molar-refractivity contribution is -0.133. The molecule has 19 heavy (non-hydrogen) atoms. The van der Waals surface area contributed by atoms with E-state index in [2.05, 4.69) is 4.98 Å². The molecule has 0 fully saturated rings. The zero-order valence-electron chi connectivity index (χ0n) is 9.72. The highest BCUT2D eigenvalue weighted by Crippen LogP contribution is 2.18. The van der Waals surface area contributed by atoms with Gasteiger partial charge in [0.1, 0.15) is 5.82 Å². The van der Waals surface area contributed by atoms with Crippen molar-refractivity contribution in [2.75, 3.05) is 0 Å². The van der Waals surface area contributed by atoms with Crippen LogP contribution in [0, 0.1) is 5.82 Å². The first-order valence-corrected chi connectivity index (χ1v) is 5.28. The van der Waals surface area contributed by atoms with Gasteiger partial charge >= 0.3 is 5.97 Å². The summed E-state index contributed by atoms with van der Waals surface area (Å²) >= 11 is 0. The molecule has 0 amide bonds. The fraction of sp³-hybridized carbons (Fsp3) is 0. The third-order valence-electron chi connectivity index (χ3n) is 2.59. The SMILES string of the molecule is NN/C(C(=O)O)=C(\N)c1cc2ccc(F)cc2cn1. The van der Waals surface area contributed by atoms with Crippen molar-refractivity contribution >= 4 is 22.4 Å². The van der Waals surface area contributed by atoms with Crippen molar-refractivity contribution in [2.24, 2.45) is 11.6 Å². The summed E-state index contributed by atoms with van der Waals surface area (Å²) in [6.45, 7) is 0. The molecule has 1 aromatic carbocycles. The zero-order chi connectivity index (χ0) is 14.0. The molecule has 2 rings (SSSR count). The summed E-state index contributed by atoms with van der Waals surface area (Å²) in [6.07, 6.45) is 1.41. The van der Waals surface area contributed by atoms with E-state index in [1.54, 1.807) is 12.1 Å². The highest BCUT2D eigenvalue weighted by molar-refractivity contribution is 5.95. The van der Waals surface area contributed by atoms with Crippen LogP contribution in [0.2, 0.25) is 0 Å². The molecule has 2 aromatic rings. The predicted octanol–water partition coefficient (Wildman–Crippen LogP) is 0.549. The highest BCUT2D eigenvalue weighted by Gasteiger charge is 2.13. The molecule has 7 heteroatoms. The number of benzene rings is 1. The first-order valence-electron chi connectivity index (χ1n) is 5.28. The van der Waals surface area contributed by atoms with E-state index in [0.29, 0.717) is 10.8 Å². The van der Waals surface area contributed by atoms with Gasteiger partial charge < -0.3 is 16.3 Å². The number of nitrogens with zero attached hydrogens (tertiary/aromatic N) is 1. The van der Waals surface area contributed by atoms with Crippen molar-refractivity contribution in [3.8, 4) is 0 Å². The van der Waals surface area contributed by atoms with Crippen LogP contribution >= 0.6 is 0 Å². The molecule has 0 unspecified atom stereocenters. The Balaban J connectivity index is 2.58. The first-order chi connectivity index (χ1) is 9.02. The van der Waals surface area contributed by atoms with Crippen molar-refractivity contribution in [2.45, 2.75) is 0 Å². The lowest BCUT2D eigenvalue weighted by Gasteiger charge is -2.07. The van der Waals surface area contributed by atoms with E-state index in [1.165, 1.54) is 18.3 Å². The smallest absolute Gasteiger partial charge is 0.355 e. The van der Waals surface area contributed by atoms with Crippen LogP contribution in [0.15, 0.2) is 36.2 Å². The number of aliphatic carboxylic acids is 1. The number of carboxylic acid groups (broad SMARTS) is 1. The molecule has 0 aliphatic heterocycles. The van der Waals surface area contributed by atoms with E-state index in [4.69, 9.17) is 16.7 Å². The maximum atomic E-state index is 13.0. The number of hydrogen-bond donors (Lipinski definition) is 4. The van der Waals surface area contributed by atoms with Crippen LogP contribution < -0.4 is 17.0 Å². The number of nitrogens with two attached hydrogens (primary N) is 2. The van der Waals surface area contributed by atoms with Gasteiger partial charge in [-0.05, 0) is 23.6 Å². The van der Waals surface area contributed by atoms with Gasteiger partial charge in [0.2, 0.25) is 0 Å². The Kier molecular flexibility index (Phi) is 3.30. The minimum Gasteiger partial charge on any atom is -0.476 e. The third kappa shape index (κ3) is 2.45. The summed E-state index contributed by atoms with van der Waals surface area (Å²) in [5.74, 6) is 3.43. The Morgan fingerprint density at radius 3 is 2.68 bits per heavy atom. The van der Waals surface area contributed by atoms with Crippen molar-refractivity contribution in [1.82, 2.24) is 10.4 Å². The Hall–Kier alpha value is -2.67. The molecule has 0 atom stereocenters. The van der Waals surface area contributed by atoms with Crippen molar-refractivity contribution in [1.29, 1.82) is 0 Å². The summed E-state index contributed by atoms with van der Waals surface area (Å²) in [4.78, 5) is 14.9. The monoisotopic (exact) mass is 262 g/mol. The van der Waals surface area contributed by atoms with Crippen molar-refractivity contribution < 1.29 is 14.3 Å². The minimum absolute atomic E-state index is 0.0961. The molecule has 1 aromatic heterocycles. The second-order valence-electron chi connectivity index (χ2n) is 3.80. The van der Waals surface area contributed by atoms with Gasteiger partial charge in [0.25, 0.3) is 0 Å².